The van der Waals surface area contributed by atoms with Gasteiger partial charge in [0, 0.05) is 28.1 Å². The van der Waals surface area contributed by atoms with Crippen molar-refractivity contribution in [3.05, 3.63) is 52.8 Å². The summed E-state index contributed by atoms with van der Waals surface area (Å²) in [5.74, 6) is -0.261. The lowest BCUT2D eigenvalue weighted by Crippen LogP contribution is -2.26. The molecule has 2 N–H and O–H groups in total. The molecule has 2 rings (SSSR count). The highest BCUT2D eigenvalue weighted by Crippen LogP contribution is 2.23. The van der Waals surface area contributed by atoms with Gasteiger partial charge in [-0.2, -0.15) is 0 Å². The largest absolute Gasteiger partial charge is 0.380 e. The van der Waals surface area contributed by atoms with Gasteiger partial charge in [-0.3, -0.25) is 9.78 Å². The fraction of sp³-hybridized carbons (Fsp3) is 0.294. The molecule has 1 heterocycles. The van der Waals surface area contributed by atoms with Crippen molar-refractivity contribution in [1.29, 1.82) is 0 Å². The summed E-state index contributed by atoms with van der Waals surface area (Å²) in [4.78, 5) is 16.5. The standard InChI is InChI=1S/C17H20ClN3O/c1-11-13(18)6-5-7-14(11)20-16(22)15-10-12(8-9-19-15)21-17(2,3)4/h5-10H,1-4H3,(H,19,21)(H,20,22). The van der Waals surface area contributed by atoms with Crippen LogP contribution in [0.3, 0.4) is 0 Å². The minimum atomic E-state index is -0.261. The van der Waals surface area contributed by atoms with Crippen molar-refractivity contribution >= 4 is 28.9 Å². The molecule has 0 aliphatic rings. The first kappa shape index (κ1) is 16.3. The fourth-order valence-electron chi connectivity index (χ4n) is 1.99. The lowest BCUT2D eigenvalue weighted by molar-refractivity contribution is 0.102. The normalized spacial score (nSPS) is 11.1. The van der Waals surface area contributed by atoms with Crippen molar-refractivity contribution in [2.24, 2.45) is 0 Å². The van der Waals surface area contributed by atoms with E-state index in [-0.39, 0.29) is 11.4 Å². The first-order valence-electron chi connectivity index (χ1n) is 7.07. The van der Waals surface area contributed by atoms with Crippen molar-refractivity contribution in [2.75, 3.05) is 10.6 Å². The lowest BCUT2D eigenvalue weighted by Gasteiger charge is -2.22. The third kappa shape index (κ3) is 4.21. The predicted molar refractivity (Wildman–Crippen MR) is 91.8 cm³/mol. The van der Waals surface area contributed by atoms with Crippen molar-refractivity contribution in [2.45, 2.75) is 33.2 Å². The van der Waals surface area contributed by atoms with E-state index in [1.807, 2.05) is 19.1 Å². The Morgan fingerprint density at radius 2 is 1.95 bits per heavy atom. The van der Waals surface area contributed by atoms with Gasteiger partial charge in [0.2, 0.25) is 0 Å². The number of benzene rings is 1. The van der Waals surface area contributed by atoms with Crippen LogP contribution in [-0.4, -0.2) is 16.4 Å². The Hall–Kier alpha value is -2.07. The average molecular weight is 318 g/mol. The highest BCUT2D eigenvalue weighted by atomic mass is 35.5. The first-order valence-corrected chi connectivity index (χ1v) is 7.45. The van der Waals surface area contributed by atoms with Crippen molar-refractivity contribution in [3.63, 3.8) is 0 Å². The number of carbonyl (C=O) groups is 1. The second-order valence-corrected chi connectivity index (χ2v) is 6.58. The molecule has 0 aliphatic carbocycles. The van der Waals surface area contributed by atoms with E-state index in [0.717, 1.165) is 11.3 Å². The number of halogens is 1. The van der Waals surface area contributed by atoms with E-state index in [9.17, 15) is 4.79 Å². The second kappa shape index (κ2) is 6.36. The van der Waals surface area contributed by atoms with E-state index < -0.39 is 0 Å². The Bertz CT molecular complexity index is 693. The van der Waals surface area contributed by atoms with Crippen LogP contribution in [0.5, 0.6) is 0 Å². The monoisotopic (exact) mass is 317 g/mol. The summed E-state index contributed by atoms with van der Waals surface area (Å²) in [6, 6.07) is 8.98. The number of carbonyl (C=O) groups excluding carboxylic acids is 1. The van der Waals surface area contributed by atoms with E-state index >= 15 is 0 Å². The van der Waals surface area contributed by atoms with E-state index in [1.54, 1.807) is 24.4 Å². The topological polar surface area (TPSA) is 54.0 Å². The number of pyridine rings is 1. The van der Waals surface area contributed by atoms with Crippen LogP contribution in [0.1, 0.15) is 36.8 Å². The SMILES string of the molecule is Cc1c(Cl)cccc1NC(=O)c1cc(NC(C)(C)C)ccn1. The molecular weight excluding hydrogens is 298 g/mol. The summed E-state index contributed by atoms with van der Waals surface area (Å²) >= 11 is 6.06. The van der Waals surface area contributed by atoms with Crippen LogP contribution in [0.2, 0.25) is 5.02 Å². The van der Waals surface area contributed by atoms with Gasteiger partial charge in [0.1, 0.15) is 5.69 Å². The van der Waals surface area contributed by atoms with Crippen LogP contribution in [0, 0.1) is 6.92 Å². The molecule has 0 saturated heterocycles. The van der Waals surface area contributed by atoms with Crippen LogP contribution >= 0.6 is 11.6 Å². The molecule has 0 fully saturated rings. The van der Waals surface area contributed by atoms with Crippen molar-refractivity contribution in [1.82, 2.24) is 4.98 Å². The number of hydrogen-bond acceptors (Lipinski definition) is 3. The maximum atomic E-state index is 12.4. The van der Waals surface area contributed by atoms with Crippen LogP contribution < -0.4 is 10.6 Å². The van der Waals surface area contributed by atoms with Crippen LogP contribution in [-0.2, 0) is 0 Å². The Balaban J connectivity index is 2.19. The smallest absolute Gasteiger partial charge is 0.274 e. The summed E-state index contributed by atoms with van der Waals surface area (Å²) in [7, 11) is 0. The van der Waals surface area contributed by atoms with Gasteiger partial charge in [-0.15, -0.1) is 0 Å². The van der Waals surface area contributed by atoms with Gasteiger partial charge in [-0.25, -0.2) is 0 Å². The number of hydrogen-bond donors (Lipinski definition) is 2. The molecule has 116 valence electrons. The van der Waals surface area contributed by atoms with Gasteiger partial charge < -0.3 is 10.6 Å². The molecule has 0 radical (unpaired) electrons. The molecule has 0 saturated carbocycles. The molecule has 0 bridgehead atoms. The molecule has 1 amide bonds. The van der Waals surface area contributed by atoms with E-state index in [0.29, 0.717) is 16.4 Å². The molecular formula is C17H20ClN3O. The summed E-state index contributed by atoms with van der Waals surface area (Å²) in [5, 5.41) is 6.78. The van der Waals surface area contributed by atoms with Crippen molar-refractivity contribution < 1.29 is 4.79 Å². The summed E-state index contributed by atoms with van der Waals surface area (Å²) in [6.45, 7) is 8.04. The lowest BCUT2D eigenvalue weighted by atomic mass is 10.1. The number of nitrogens with zero attached hydrogens (tertiary/aromatic N) is 1. The Kier molecular flexibility index (Phi) is 4.71. The third-order valence-corrected chi connectivity index (χ3v) is 3.44. The van der Waals surface area contributed by atoms with Gasteiger partial charge in [-0.05, 0) is 57.5 Å². The molecule has 4 nitrogen and oxygen atoms in total. The second-order valence-electron chi connectivity index (χ2n) is 6.17. The molecule has 1 aromatic carbocycles. The zero-order chi connectivity index (χ0) is 16.3. The zero-order valence-corrected chi connectivity index (χ0v) is 14.0. The minimum Gasteiger partial charge on any atom is -0.380 e. The molecule has 5 heteroatoms. The van der Waals surface area contributed by atoms with Gasteiger partial charge in [0.25, 0.3) is 5.91 Å². The first-order chi connectivity index (χ1) is 10.3. The predicted octanol–water partition coefficient (Wildman–Crippen LogP) is 4.51. The van der Waals surface area contributed by atoms with Gasteiger partial charge in [-0.1, -0.05) is 17.7 Å². The minimum absolute atomic E-state index is 0.0847. The van der Waals surface area contributed by atoms with Gasteiger partial charge in [0.15, 0.2) is 0 Å². The van der Waals surface area contributed by atoms with Crippen molar-refractivity contribution in [3.8, 4) is 0 Å². The molecule has 0 unspecified atom stereocenters. The average Bonchev–Trinajstić information content (AvgIpc) is 2.42. The summed E-state index contributed by atoms with van der Waals surface area (Å²) in [5.41, 5.74) is 2.65. The van der Waals surface area contributed by atoms with E-state index in [2.05, 4.69) is 36.4 Å². The maximum Gasteiger partial charge on any atom is 0.274 e. The molecule has 0 atom stereocenters. The van der Waals surface area contributed by atoms with Gasteiger partial charge >= 0.3 is 0 Å². The maximum absolute atomic E-state index is 12.4. The molecule has 1 aromatic heterocycles. The Labute approximate surface area is 135 Å². The quantitative estimate of drug-likeness (QED) is 0.876. The zero-order valence-electron chi connectivity index (χ0n) is 13.2. The molecule has 2 aromatic rings. The summed E-state index contributed by atoms with van der Waals surface area (Å²) < 4.78 is 0. The van der Waals surface area contributed by atoms with Gasteiger partial charge in [0.05, 0.1) is 0 Å². The van der Waals surface area contributed by atoms with E-state index in [4.69, 9.17) is 11.6 Å². The fourth-order valence-corrected chi connectivity index (χ4v) is 2.17. The van der Waals surface area contributed by atoms with Crippen LogP contribution in [0.15, 0.2) is 36.5 Å². The molecule has 0 spiro atoms. The third-order valence-electron chi connectivity index (χ3n) is 3.03. The summed E-state index contributed by atoms with van der Waals surface area (Å²) in [6.07, 6.45) is 1.62. The molecule has 0 aliphatic heterocycles. The Morgan fingerprint density at radius 3 is 2.64 bits per heavy atom. The number of nitrogens with one attached hydrogen (secondary N) is 2. The van der Waals surface area contributed by atoms with E-state index in [1.165, 1.54) is 0 Å². The number of anilines is 2. The highest BCUT2D eigenvalue weighted by molar-refractivity contribution is 6.31. The van der Waals surface area contributed by atoms with Crippen LogP contribution in [0.4, 0.5) is 11.4 Å². The molecule has 22 heavy (non-hydrogen) atoms. The van der Waals surface area contributed by atoms with Crippen LogP contribution in [0.25, 0.3) is 0 Å². The number of rotatable bonds is 3. The Morgan fingerprint density at radius 1 is 1.23 bits per heavy atom. The highest BCUT2D eigenvalue weighted by Gasteiger charge is 2.13. The number of aromatic nitrogens is 1. The number of amides is 1.